The summed E-state index contributed by atoms with van der Waals surface area (Å²) in [7, 11) is 1.84. The van der Waals surface area contributed by atoms with E-state index in [0.717, 1.165) is 68.5 Å². The van der Waals surface area contributed by atoms with Gasteiger partial charge in [-0.25, -0.2) is 4.98 Å². The van der Waals surface area contributed by atoms with E-state index in [0.29, 0.717) is 0 Å². The van der Waals surface area contributed by atoms with Crippen molar-refractivity contribution in [2.75, 3.05) is 39.8 Å². The van der Waals surface area contributed by atoms with Crippen molar-refractivity contribution in [2.24, 2.45) is 4.99 Å². The smallest absolute Gasteiger partial charge is 0.193 e. The van der Waals surface area contributed by atoms with Crippen molar-refractivity contribution < 1.29 is 4.52 Å². The number of guanidine groups is 1. The minimum atomic E-state index is 0.812. The Kier molecular flexibility index (Phi) is 5.34. The van der Waals surface area contributed by atoms with Gasteiger partial charge in [-0.2, -0.15) is 0 Å². The van der Waals surface area contributed by atoms with Gasteiger partial charge in [0.05, 0.1) is 23.1 Å². The zero-order chi connectivity index (χ0) is 18.5. The number of benzene rings is 1. The Morgan fingerprint density at radius 1 is 1.19 bits per heavy atom. The van der Waals surface area contributed by atoms with Gasteiger partial charge in [0.2, 0.25) is 0 Å². The molecule has 1 N–H and O–H groups in total. The molecule has 1 aromatic carbocycles. The topological polar surface area (TPSA) is 74.7 Å². The van der Waals surface area contributed by atoms with Crippen molar-refractivity contribution in [2.45, 2.75) is 13.1 Å². The minimum absolute atomic E-state index is 0.812. The zero-order valence-electron chi connectivity index (χ0n) is 15.6. The van der Waals surface area contributed by atoms with Crippen molar-refractivity contribution in [1.82, 2.24) is 29.8 Å². The molecule has 8 nitrogen and oxygen atoms in total. The molecule has 1 aliphatic rings. The normalized spacial score (nSPS) is 16.2. The summed E-state index contributed by atoms with van der Waals surface area (Å²) >= 11 is 0. The molecule has 0 aliphatic carbocycles. The van der Waals surface area contributed by atoms with E-state index in [1.807, 2.05) is 37.6 Å². The average molecular weight is 367 g/mol. The van der Waals surface area contributed by atoms with Crippen LogP contribution in [0.2, 0.25) is 0 Å². The minimum Gasteiger partial charge on any atom is -0.364 e. The second kappa shape index (κ2) is 8.22. The Morgan fingerprint density at radius 2 is 2.04 bits per heavy atom. The molecule has 1 aliphatic heterocycles. The number of hydrogen-bond acceptors (Lipinski definition) is 5. The number of fused-ring (bicyclic) bond motifs is 1. The van der Waals surface area contributed by atoms with Gasteiger partial charge in [0.15, 0.2) is 5.96 Å². The van der Waals surface area contributed by atoms with Crippen LogP contribution in [0.4, 0.5) is 0 Å². The second-order valence-electron chi connectivity index (χ2n) is 6.65. The van der Waals surface area contributed by atoms with Gasteiger partial charge >= 0.3 is 0 Å². The maximum atomic E-state index is 4.91. The lowest BCUT2D eigenvalue weighted by Gasteiger charge is -2.36. The first kappa shape index (κ1) is 17.5. The molecule has 0 atom stereocenters. The summed E-state index contributed by atoms with van der Waals surface area (Å²) in [5.74, 6) is 0.959. The highest BCUT2D eigenvalue weighted by Crippen LogP contribution is 2.11. The summed E-state index contributed by atoms with van der Waals surface area (Å²) in [5.41, 5.74) is 3.18. The van der Waals surface area contributed by atoms with E-state index in [2.05, 4.69) is 40.9 Å². The summed E-state index contributed by atoms with van der Waals surface area (Å²) < 4.78 is 7.08. The van der Waals surface area contributed by atoms with E-state index in [9.17, 15) is 0 Å². The lowest BCUT2D eigenvalue weighted by Crippen LogP contribution is -2.52. The van der Waals surface area contributed by atoms with Crippen molar-refractivity contribution in [3.8, 4) is 0 Å². The summed E-state index contributed by atoms with van der Waals surface area (Å²) in [6.45, 7) is 6.37. The number of imidazole rings is 1. The number of nitrogens with one attached hydrogen (secondary N) is 1. The molecule has 0 saturated carbocycles. The predicted molar refractivity (Wildman–Crippen MR) is 104 cm³/mol. The van der Waals surface area contributed by atoms with Crippen LogP contribution in [-0.2, 0) is 13.1 Å². The van der Waals surface area contributed by atoms with E-state index in [-0.39, 0.29) is 0 Å². The van der Waals surface area contributed by atoms with Crippen LogP contribution in [0.1, 0.15) is 5.69 Å². The Bertz CT molecular complexity index is 879. The largest absolute Gasteiger partial charge is 0.364 e. The number of aliphatic imine (C=N–C) groups is 1. The van der Waals surface area contributed by atoms with Crippen LogP contribution in [0, 0.1) is 0 Å². The molecular formula is C19H25N7O. The van der Waals surface area contributed by atoms with Gasteiger partial charge in [-0.15, -0.1) is 0 Å². The number of nitrogens with zero attached hydrogens (tertiary/aromatic N) is 6. The number of aromatic nitrogens is 3. The Morgan fingerprint density at radius 3 is 2.81 bits per heavy atom. The van der Waals surface area contributed by atoms with Crippen molar-refractivity contribution in [3.63, 3.8) is 0 Å². The van der Waals surface area contributed by atoms with Crippen LogP contribution in [0.5, 0.6) is 0 Å². The summed E-state index contributed by atoms with van der Waals surface area (Å²) in [4.78, 5) is 13.6. The number of para-hydroxylation sites is 2. The van der Waals surface area contributed by atoms with Gasteiger partial charge in [-0.05, 0) is 12.1 Å². The van der Waals surface area contributed by atoms with Crippen LogP contribution in [-0.4, -0.2) is 70.2 Å². The molecule has 0 spiro atoms. The molecule has 4 rings (SSSR count). The molecule has 0 unspecified atom stereocenters. The highest BCUT2D eigenvalue weighted by molar-refractivity contribution is 5.80. The van der Waals surface area contributed by atoms with E-state index in [1.165, 1.54) is 0 Å². The SMILES string of the molecule is CN=C(NCCn1cnc2ccccc21)N1CCN(Cc2ccon2)CC1. The first-order valence-corrected chi connectivity index (χ1v) is 9.30. The van der Waals surface area contributed by atoms with Gasteiger partial charge < -0.3 is 19.3 Å². The van der Waals surface area contributed by atoms with Crippen LogP contribution < -0.4 is 5.32 Å². The highest BCUT2D eigenvalue weighted by atomic mass is 16.5. The monoisotopic (exact) mass is 367 g/mol. The third kappa shape index (κ3) is 4.11. The summed E-state index contributed by atoms with van der Waals surface area (Å²) in [5, 5.41) is 7.48. The quantitative estimate of drug-likeness (QED) is 0.543. The first-order chi connectivity index (χ1) is 13.3. The fourth-order valence-corrected chi connectivity index (χ4v) is 3.47. The maximum absolute atomic E-state index is 4.91. The van der Waals surface area contributed by atoms with E-state index >= 15 is 0 Å². The van der Waals surface area contributed by atoms with Gasteiger partial charge in [-0.1, -0.05) is 17.3 Å². The third-order valence-corrected chi connectivity index (χ3v) is 4.92. The van der Waals surface area contributed by atoms with Gasteiger partial charge in [-0.3, -0.25) is 9.89 Å². The van der Waals surface area contributed by atoms with Crippen LogP contribution in [0.25, 0.3) is 11.0 Å². The number of piperazine rings is 1. The Hall–Kier alpha value is -2.87. The molecule has 1 saturated heterocycles. The molecule has 2 aromatic heterocycles. The third-order valence-electron chi connectivity index (χ3n) is 4.92. The molecule has 27 heavy (non-hydrogen) atoms. The molecule has 0 radical (unpaired) electrons. The van der Waals surface area contributed by atoms with Crippen molar-refractivity contribution in [3.05, 3.63) is 48.6 Å². The molecule has 0 bridgehead atoms. The van der Waals surface area contributed by atoms with Crippen molar-refractivity contribution in [1.29, 1.82) is 0 Å². The molecule has 3 heterocycles. The molecule has 1 fully saturated rings. The standard InChI is InChI=1S/C19H25N7O/c1-20-19(21-7-8-26-15-22-17-4-2-3-5-18(17)26)25-11-9-24(10-12-25)14-16-6-13-27-23-16/h2-6,13,15H,7-12,14H2,1H3,(H,20,21). The lowest BCUT2D eigenvalue weighted by atomic mass is 10.3. The number of hydrogen-bond donors (Lipinski definition) is 1. The molecule has 0 amide bonds. The lowest BCUT2D eigenvalue weighted by molar-refractivity contribution is 0.169. The molecular weight excluding hydrogens is 342 g/mol. The first-order valence-electron chi connectivity index (χ1n) is 9.30. The second-order valence-corrected chi connectivity index (χ2v) is 6.65. The zero-order valence-corrected chi connectivity index (χ0v) is 15.6. The van der Waals surface area contributed by atoms with E-state index in [1.54, 1.807) is 6.26 Å². The Labute approximate surface area is 158 Å². The molecule has 8 heteroatoms. The highest BCUT2D eigenvalue weighted by Gasteiger charge is 2.20. The Balaban J connectivity index is 1.26. The summed E-state index contributed by atoms with van der Waals surface area (Å²) in [6, 6.07) is 10.1. The van der Waals surface area contributed by atoms with Gasteiger partial charge in [0.1, 0.15) is 6.26 Å². The van der Waals surface area contributed by atoms with E-state index < -0.39 is 0 Å². The van der Waals surface area contributed by atoms with Crippen LogP contribution in [0.3, 0.4) is 0 Å². The maximum Gasteiger partial charge on any atom is 0.193 e. The molecule has 3 aromatic rings. The average Bonchev–Trinajstić information content (AvgIpc) is 3.36. The predicted octanol–water partition coefficient (Wildman–Crippen LogP) is 1.42. The van der Waals surface area contributed by atoms with Crippen LogP contribution in [0.15, 0.2) is 52.4 Å². The summed E-state index contributed by atoms with van der Waals surface area (Å²) in [6.07, 6.45) is 3.53. The fraction of sp³-hybridized carbons (Fsp3) is 0.421. The molecule has 142 valence electrons. The van der Waals surface area contributed by atoms with Crippen LogP contribution >= 0.6 is 0 Å². The number of rotatable bonds is 5. The van der Waals surface area contributed by atoms with Crippen molar-refractivity contribution >= 4 is 17.0 Å². The fourth-order valence-electron chi connectivity index (χ4n) is 3.47. The van der Waals surface area contributed by atoms with Gasteiger partial charge in [0.25, 0.3) is 0 Å². The van der Waals surface area contributed by atoms with E-state index in [4.69, 9.17) is 4.52 Å². The van der Waals surface area contributed by atoms with Gasteiger partial charge in [0, 0.05) is 58.9 Å².